The number of aryl methyl sites for hydroxylation is 1. The van der Waals surface area contributed by atoms with Crippen molar-refractivity contribution in [1.82, 2.24) is 10.3 Å². The largest absolute Gasteiger partial charge is 0.346 e. The van der Waals surface area contributed by atoms with Crippen LogP contribution in [0.5, 0.6) is 0 Å². The molecule has 1 fully saturated rings. The van der Waals surface area contributed by atoms with Gasteiger partial charge in [-0.25, -0.2) is 13.4 Å². The lowest BCUT2D eigenvalue weighted by molar-refractivity contribution is 0.586. The molecule has 17 heavy (non-hydrogen) atoms. The lowest BCUT2D eigenvalue weighted by Crippen LogP contribution is -2.40. The number of anilines is 1. The molecule has 0 spiro atoms. The number of hydrogen-bond donors (Lipinski definition) is 1. The topological polar surface area (TPSA) is 62.3 Å². The van der Waals surface area contributed by atoms with Crippen LogP contribution in [0, 0.1) is 6.92 Å². The second-order valence-corrected chi connectivity index (χ2v) is 7.54. The molecule has 96 valence electrons. The van der Waals surface area contributed by atoms with Gasteiger partial charge in [0.1, 0.15) is 0 Å². The zero-order valence-corrected chi connectivity index (χ0v) is 11.7. The first kappa shape index (κ1) is 12.8. The first-order valence-corrected chi connectivity index (χ1v) is 8.22. The lowest BCUT2D eigenvalue weighted by atomic mass is 10.4. The first-order chi connectivity index (χ1) is 8.02. The molecule has 1 aliphatic heterocycles. The Balaban J connectivity index is 2.11. The smallest absolute Gasteiger partial charge is 0.185 e. The predicted octanol–water partition coefficient (Wildman–Crippen LogP) is 0.406. The molecule has 0 atom stereocenters. The van der Waals surface area contributed by atoms with Gasteiger partial charge in [0.25, 0.3) is 0 Å². The van der Waals surface area contributed by atoms with E-state index in [0.717, 1.165) is 17.4 Å². The average molecular weight is 275 g/mol. The fourth-order valence-electron chi connectivity index (χ4n) is 1.78. The number of hydrogen-bond acceptors (Lipinski definition) is 6. The summed E-state index contributed by atoms with van der Waals surface area (Å²) >= 11 is 1.65. The van der Waals surface area contributed by atoms with Crippen LogP contribution in [0.25, 0.3) is 0 Å². The predicted molar refractivity (Wildman–Crippen MR) is 70.5 cm³/mol. The van der Waals surface area contributed by atoms with E-state index in [9.17, 15) is 8.42 Å². The van der Waals surface area contributed by atoms with Crippen LogP contribution in [-0.2, 0) is 16.4 Å². The maximum absolute atomic E-state index is 11.3. The minimum Gasteiger partial charge on any atom is -0.346 e. The fourth-order valence-corrected chi connectivity index (χ4v) is 4.10. The van der Waals surface area contributed by atoms with Gasteiger partial charge in [0.05, 0.1) is 17.2 Å². The van der Waals surface area contributed by atoms with Crippen molar-refractivity contribution in [1.29, 1.82) is 0 Å². The Labute approximate surface area is 106 Å². The van der Waals surface area contributed by atoms with Crippen molar-refractivity contribution in [2.24, 2.45) is 0 Å². The van der Waals surface area contributed by atoms with Gasteiger partial charge in [-0.2, -0.15) is 0 Å². The van der Waals surface area contributed by atoms with Crippen LogP contribution in [0.4, 0.5) is 5.13 Å². The van der Waals surface area contributed by atoms with Crippen molar-refractivity contribution in [2.75, 3.05) is 36.5 Å². The van der Waals surface area contributed by atoms with Crippen LogP contribution in [-0.4, -0.2) is 45.0 Å². The molecule has 1 aromatic heterocycles. The number of nitrogens with zero attached hydrogens (tertiary/aromatic N) is 2. The third kappa shape index (κ3) is 2.97. The molecular formula is C10H17N3O2S2. The van der Waals surface area contributed by atoms with Gasteiger partial charge in [-0.05, 0) is 14.0 Å². The fraction of sp³-hybridized carbons (Fsp3) is 0.700. The van der Waals surface area contributed by atoms with Crippen LogP contribution in [0.15, 0.2) is 0 Å². The van der Waals surface area contributed by atoms with E-state index in [2.05, 4.69) is 15.2 Å². The zero-order chi connectivity index (χ0) is 12.5. The Morgan fingerprint density at radius 1 is 1.41 bits per heavy atom. The minimum atomic E-state index is -2.81. The Morgan fingerprint density at radius 3 is 2.65 bits per heavy atom. The molecule has 1 aromatic rings. The zero-order valence-electron chi connectivity index (χ0n) is 10.1. The summed E-state index contributed by atoms with van der Waals surface area (Å²) in [6.07, 6.45) is 0. The van der Waals surface area contributed by atoms with Crippen LogP contribution >= 0.6 is 11.3 Å². The standard InChI is InChI=1S/C10H17N3O2S2/c1-8-9(7-11-2)16-10(12-8)13-3-5-17(14,15)6-4-13/h11H,3-7H2,1-2H3. The Kier molecular flexibility index (Phi) is 3.70. The average Bonchev–Trinajstić information content (AvgIpc) is 2.61. The number of thiazole rings is 1. The van der Waals surface area contributed by atoms with E-state index in [0.29, 0.717) is 13.1 Å². The van der Waals surface area contributed by atoms with Crippen molar-refractivity contribution < 1.29 is 8.42 Å². The van der Waals surface area contributed by atoms with Crippen LogP contribution < -0.4 is 10.2 Å². The molecule has 0 unspecified atom stereocenters. The summed E-state index contributed by atoms with van der Waals surface area (Å²) in [7, 11) is -0.905. The minimum absolute atomic E-state index is 0.243. The van der Waals surface area contributed by atoms with Crippen molar-refractivity contribution in [3.8, 4) is 0 Å². The lowest BCUT2D eigenvalue weighted by Gasteiger charge is -2.25. The molecule has 2 heterocycles. The van der Waals surface area contributed by atoms with E-state index >= 15 is 0 Å². The molecule has 0 aliphatic carbocycles. The third-order valence-electron chi connectivity index (χ3n) is 2.83. The maximum atomic E-state index is 11.3. The summed E-state index contributed by atoms with van der Waals surface area (Å²) in [5.41, 5.74) is 1.03. The third-order valence-corrected chi connectivity index (χ3v) is 5.66. The molecule has 7 heteroatoms. The second-order valence-electron chi connectivity index (χ2n) is 4.17. The second kappa shape index (κ2) is 4.91. The van der Waals surface area contributed by atoms with E-state index in [-0.39, 0.29) is 11.5 Å². The molecule has 0 saturated carbocycles. The maximum Gasteiger partial charge on any atom is 0.185 e. The highest BCUT2D eigenvalue weighted by Crippen LogP contribution is 2.26. The van der Waals surface area contributed by atoms with Gasteiger partial charge in [0.2, 0.25) is 0 Å². The molecule has 2 rings (SSSR count). The quantitative estimate of drug-likeness (QED) is 0.865. The Hall–Kier alpha value is -0.660. The highest BCUT2D eigenvalue weighted by molar-refractivity contribution is 7.91. The van der Waals surface area contributed by atoms with Crippen LogP contribution in [0.3, 0.4) is 0 Å². The number of nitrogens with one attached hydrogen (secondary N) is 1. The summed E-state index contributed by atoms with van der Waals surface area (Å²) in [5.74, 6) is 0.486. The normalized spacial score (nSPS) is 19.5. The van der Waals surface area contributed by atoms with Gasteiger partial charge in [-0.1, -0.05) is 0 Å². The van der Waals surface area contributed by atoms with Crippen LogP contribution in [0.1, 0.15) is 10.6 Å². The summed E-state index contributed by atoms with van der Waals surface area (Å²) in [6.45, 7) is 3.94. The first-order valence-electron chi connectivity index (χ1n) is 5.58. The monoisotopic (exact) mass is 275 g/mol. The van der Waals surface area contributed by atoms with E-state index < -0.39 is 9.84 Å². The number of aromatic nitrogens is 1. The van der Waals surface area contributed by atoms with Crippen molar-refractivity contribution in [3.63, 3.8) is 0 Å². The van der Waals surface area contributed by atoms with E-state index in [1.54, 1.807) is 11.3 Å². The Bertz CT molecular complexity index is 482. The number of sulfone groups is 1. The summed E-state index contributed by atoms with van der Waals surface area (Å²) < 4.78 is 22.7. The molecular weight excluding hydrogens is 258 g/mol. The molecule has 0 aromatic carbocycles. The van der Waals surface area contributed by atoms with Gasteiger partial charge in [0.15, 0.2) is 15.0 Å². The highest BCUT2D eigenvalue weighted by Gasteiger charge is 2.24. The summed E-state index contributed by atoms with van der Waals surface area (Å²) in [6, 6.07) is 0. The molecule has 1 N–H and O–H groups in total. The van der Waals surface area contributed by atoms with E-state index in [1.807, 2.05) is 14.0 Å². The van der Waals surface area contributed by atoms with Crippen molar-refractivity contribution in [3.05, 3.63) is 10.6 Å². The van der Waals surface area contributed by atoms with Gasteiger partial charge in [0, 0.05) is 24.5 Å². The molecule has 0 amide bonds. The van der Waals surface area contributed by atoms with Gasteiger partial charge in [-0.15, -0.1) is 11.3 Å². The van der Waals surface area contributed by atoms with Crippen molar-refractivity contribution >= 4 is 26.3 Å². The van der Waals surface area contributed by atoms with Gasteiger partial charge >= 0.3 is 0 Å². The SMILES string of the molecule is CNCc1sc(N2CCS(=O)(=O)CC2)nc1C. The highest BCUT2D eigenvalue weighted by atomic mass is 32.2. The molecule has 1 saturated heterocycles. The molecule has 0 bridgehead atoms. The number of rotatable bonds is 3. The molecule has 5 nitrogen and oxygen atoms in total. The molecule has 1 aliphatic rings. The molecule has 0 radical (unpaired) electrons. The van der Waals surface area contributed by atoms with E-state index in [1.165, 1.54) is 4.88 Å². The van der Waals surface area contributed by atoms with Crippen LogP contribution in [0.2, 0.25) is 0 Å². The van der Waals surface area contributed by atoms with Gasteiger partial charge in [-0.3, -0.25) is 0 Å². The van der Waals surface area contributed by atoms with Gasteiger partial charge < -0.3 is 10.2 Å². The van der Waals surface area contributed by atoms with Crippen molar-refractivity contribution in [2.45, 2.75) is 13.5 Å². The summed E-state index contributed by atoms with van der Waals surface area (Å²) in [5, 5.41) is 4.06. The van der Waals surface area contributed by atoms with E-state index in [4.69, 9.17) is 0 Å². The summed E-state index contributed by atoms with van der Waals surface area (Å²) in [4.78, 5) is 7.80. The Morgan fingerprint density at radius 2 is 2.06 bits per heavy atom.